The summed E-state index contributed by atoms with van der Waals surface area (Å²) >= 11 is 6.86. The molecule has 0 radical (unpaired) electrons. The minimum Gasteiger partial charge on any atom is -0.768 e. The first kappa shape index (κ1) is 8.73. The van der Waals surface area contributed by atoms with E-state index in [1.165, 1.54) is 18.4 Å². The highest BCUT2D eigenvalue weighted by molar-refractivity contribution is 7.13. The summed E-state index contributed by atoms with van der Waals surface area (Å²) in [6, 6.07) is 0. The van der Waals surface area contributed by atoms with Crippen LogP contribution in [0, 0.1) is 5.21 Å². The molecule has 0 unspecified atom stereocenters. The lowest BCUT2D eigenvalue weighted by Crippen LogP contribution is -2.17. The average molecular weight is 193 g/mol. The van der Waals surface area contributed by atoms with Gasteiger partial charge in [-0.3, -0.25) is 0 Å². The predicted octanol–water partition coefficient (Wildman–Crippen LogP) is 1.64. The topological polar surface area (TPSA) is 51.2 Å². The van der Waals surface area contributed by atoms with Crippen molar-refractivity contribution in [2.75, 3.05) is 12.5 Å². The van der Waals surface area contributed by atoms with Gasteiger partial charge in [0.1, 0.15) is 0 Å². The summed E-state index contributed by atoms with van der Waals surface area (Å²) < 4.78 is 0. The number of alkyl halides is 1. The predicted molar refractivity (Wildman–Crippen MR) is 46.4 cm³/mol. The van der Waals surface area contributed by atoms with Gasteiger partial charge >= 0.3 is 0 Å². The standard InChI is InChI=1S/C5H7ClN3OS/c1-9(10)8-5-7-4(2-6)3-11-5/h3H,2H2,1H3,(H,7,8)/q-1. The van der Waals surface area contributed by atoms with Crippen molar-refractivity contribution in [1.82, 2.24) is 10.2 Å². The Balaban J connectivity index is 2.58. The zero-order chi connectivity index (χ0) is 8.27. The maximum absolute atomic E-state index is 10.4. The zero-order valence-corrected chi connectivity index (χ0v) is 7.45. The number of halogens is 1. The van der Waals surface area contributed by atoms with E-state index in [1.54, 1.807) is 5.38 Å². The van der Waals surface area contributed by atoms with Gasteiger partial charge in [-0.2, -0.15) is 0 Å². The fraction of sp³-hybridized carbons (Fsp3) is 0.400. The van der Waals surface area contributed by atoms with E-state index in [4.69, 9.17) is 11.6 Å². The molecule has 6 heteroatoms. The monoisotopic (exact) mass is 192 g/mol. The number of nitrogens with zero attached hydrogens (tertiary/aromatic N) is 2. The van der Waals surface area contributed by atoms with Gasteiger partial charge in [-0.1, -0.05) is 0 Å². The van der Waals surface area contributed by atoms with E-state index in [2.05, 4.69) is 10.4 Å². The smallest absolute Gasteiger partial charge is 0.196 e. The highest BCUT2D eigenvalue weighted by Gasteiger charge is 1.98. The van der Waals surface area contributed by atoms with E-state index >= 15 is 0 Å². The van der Waals surface area contributed by atoms with E-state index in [9.17, 15) is 5.21 Å². The SMILES string of the molecule is CN([O-])Nc1nc(CCl)cs1. The van der Waals surface area contributed by atoms with Crippen LogP contribution in [-0.2, 0) is 5.88 Å². The van der Waals surface area contributed by atoms with Crippen LogP contribution in [0.2, 0.25) is 0 Å². The van der Waals surface area contributed by atoms with Crippen molar-refractivity contribution in [2.45, 2.75) is 5.88 Å². The van der Waals surface area contributed by atoms with Crippen LogP contribution in [0.25, 0.3) is 0 Å². The first-order valence-corrected chi connectivity index (χ1v) is 4.31. The largest absolute Gasteiger partial charge is 0.768 e. The molecule has 0 saturated heterocycles. The summed E-state index contributed by atoms with van der Waals surface area (Å²) in [5, 5.41) is 13.4. The van der Waals surface area contributed by atoms with Crippen LogP contribution >= 0.6 is 22.9 Å². The second-order valence-electron chi connectivity index (χ2n) is 1.89. The Labute approximate surface area is 73.4 Å². The molecule has 62 valence electrons. The van der Waals surface area contributed by atoms with Gasteiger partial charge in [0.2, 0.25) is 0 Å². The Morgan fingerprint density at radius 1 is 1.91 bits per heavy atom. The molecule has 0 spiro atoms. The average Bonchev–Trinajstić information content (AvgIpc) is 2.34. The molecule has 0 bridgehead atoms. The number of aromatic nitrogens is 1. The lowest BCUT2D eigenvalue weighted by atomic mass is 10.6. The number of rotatable bonds is 3. The Morgan fingerprint density at radius 3 is 3.09 bits per heavy atom. The van der Waals surface area contributed by atoms with Gasteiger partial charge in [0.05, 0.1) is 11.6 Å². The number of thiazole rings is 1. The van der Waals surface area contributed by atoms with E-state index in [-0.39, 0.29) is 0 Å². The van der Waals surface area contributed by atoms with Crippen molar-refractivity contribution in [3.05, 3.63) is 16.3 Å². The molecule has 0 amide bonds. The van der Waals surface area contributed by atoms with Crippen LogP contribution < -0.4 is 5.43 Å². The van der Waals surface area contributed by atoms with Gasteiger partial charge in [0.25, 0.3) is 0 Å². The quantitative estimate of drug-likeness (QED) is 0.585. The van der Waals surface area contributed by atoms with Crippen LogP contribution in [0.3, 0.4) is 0 Å². The first-order chi connectivity index (χ1) is 5.22. The molecule has 1 rings (SSSR count). The minimum atomic E-state index is 0.376. The van der Waals surface area contributed by atoms with Crippen molar-refractivity contribution in [3.8, 4) is 0 Å². The second-order valence-corrected chi connectivity index (χ2v) is 3.01. The van der Waals surface area contributed by atoms with E-state index in [0.29, 0.717) is 16.2 Å². The minimum absolute atomic E-state index is 0.376. The van der Waals surface area contributed by atoms with E-state index in [0.717, 1.165) is 5.69 Å². The Kier molecular flexibility index (Phi) is 3.07. The highest BCUT2D eigenvalue weighted by Crippen LogP contribution is 2.16. The maximum atomic E-state index is 10.4. The van der Waals surface area contributed by atoms with Crippen molar-refractivity contribution in [1.29, 1.82) is 0 Å². The molecule has 0 atom stereocenters. The summed E-state index contributed by atoms with van der Waals surface area (Å²) in [7, 11) is 1.36. The molecule has 0 aliphatic carbocycles. The molecule has 0 fully saturated rings. The van der Waals surface area contributed by atoms with Crippen LogP contribution in [0.4, 0.5) is 5.13 Å². The molecule has 0 aliphatic heterocycles. The third kappa shape index (κ3) is 2.63. The molecule has 0 saturated carbocycles. The number of anilines is 1. The van der Waals surface area contributed by atoms with Gasteiger partial charge in [-0.25, -0.2) is 4.98 Å². The van der Waals surface area contributed by atoms with Crippen LogP contribution in [0.15, 0.2) is 5.38 Å². The molecular weight excluding hydrogens is 186 g/mol. The number of nitrogens with one attached hydrogen (secondary N) is 1. The Hall–Kier alpha value is -0.360. The summed E-state index contributed by atoms with van der Waals surface area (Å²) in [6.07, 6.45) is 0. The number of hydroxylamine groups is 1. The third-order valence-electron chi connectivity index (χ3n) is 0.942. The van der Waals surface area contributed by atoms with Crippen LogP contribution in [0.5, 0.6) is 0 Å². The van der Waals surface area contributed by atoms with Crippen molar-refractivity contribution in [2.24, 2.45) is 0 Å². The summed E-state index contributed by atoms with van der Waals surface area (Å²) in [5.41, 5.74) is 3.26. The van der Waals surface area contributed by atoms with Gasteiger partial charge in [-0.15, -0.1) is 22.9 Å². The molecule has 1 aromatic rings. The summed E-state index contributed by atoms with van der Waals surface area (Å²) in [5.74, 6) is 0.376. The number of hydrogen-bond acceptors (Lipinski definition) is 5. The Morgan fingerprint density at radius 2 is 2.64 bits per heavy atom. The van der Waals surface area contributed by atoms with E-state index in [1.807, 2.05) is 0 Å². The van der Waals surface area contributed by atoms with Crippen molar-refractivity contribution < 1.29 is 0 Å². The molecule has 1 heterocycles. The molecule has 1 aromatic heterocycles. The summed E-state index contributed by atoms with van der Waals surface area (Å²) in [6.45, 7) is 0. The maximum Gasteiger partial charge on any atom is 0.196 e. The van der Waals surface area contributed by atoms with Gasteiger partial charge < -0.3 is 15.8 Å². The molecule has 1 N–H and O–H groups in total. The van der Waals surface area contributed by atoms with Gasteiger partial charge in [0, 0.05) is 5.38 Å². The fourth-order valence-corrected chi connectivity index (χ4v) is 1.52. The zero-order valence-electron chi connectivity index (χ0n) is 5.87. The molecule has 11 heavy (non-hydrogen) atoms. The molecule has 4 nitrogen and oxygen atoms in total. The lowest BCUT2D eigenvalue weighted by Gasteiger charge is -2.21. The molecular formula is C5H7ClN3OS-. The van der Waals surface area contributed by atoms with Crippen molar-refractivity contribution >= 4 is 28.1 Å². The van der Waals surface area contributed by atoms with Crippen molar-refractivity contribution in [3.63, 3.8) is 0 Å². The lowest BCUT2D eigenvalue weighted by molar-refractivity contribution is 0.554. The van der Waals surface area contributed by atoms with Crippen LogP contribution in [0.1, 0.15) is 5.69 Å². The Bertz CT molecular complexity index is 227. The normalized spacial score (nSPS) is 10.5. The molecule has 0 aliphatic rings. The van der Waals surface area contributed by atoms with Gasteiger partial charge in [-0.05, 0) is 7.05 Å². The molecule has 0 aromatic carbocycles. The fourth-order valence-electron chi connectivity index (χ4n) is 0.554. The second kappa shape index (κ2) is 3.87. The number of hydrazine groups is 1. The first-order valence-electron chi connectivity index (χ1n) is 2.90. The van der Waals surface area contributed by atoms with Crippen LogP contribution in [-0.4, -0.2) is 17.2 Å². The third-order valence-corrected chi connectivity index (χ3v) is 2.01. The van der Waals surface area contributed by atoms with E-state index < -0.39 is 0 Å². The highest BCUT2D eigenvalue weighted by atomic mass is 35.5. The van der Waals surface area contributed by atoms with Gasteiger partial charge in [0.15, 0.2) is 5.13 Å². The summed E-state index contributed by atoms with van der Waals surface area (Å²) in [4.78, 5) is 4.00. The number of hydrogen-bond donors (Lipinski definition) is 1.